The van der Waals surface area contributed by atoms with Gasteiger partial charge in [0.15, 0.2) is 5.82 Å². The van der Waals surface area contributed by atoms with Gasteiger partial charge < -0.3 is 10.3 Å². The van der Waals surface area contributed by atoms with Gasteiger partial charge in [-0.1, -0.05) is 28.9 Å². The molecule has 0 spiro atoms. The topological polar surface area (TPSA) is 64.9 Å². The molecule has 0 radical (unpaired) electrons. The summed E-state index contributed by atoms with van der Waals surface area (Å²) < 4.78 is 5.11. The lowest BCUT2D eigenvalue weighted by Crippen LogP contribution is -2.29. The van der Waals surface area contributed by atoms with Crippen molar-refractivity contribution in [1.82, 2.24) is 10.1 Å². The SMILES string of the molecule is CC(C)(N)c1nc(Cc2ccc(Cl)cc2)no1. The van der Waals surface area contributed by atoms with E-state index in [-0.39, 0.29) is 0 Å². The summed E-state index contributed by atoms with van der Waals surface area (Å²) in [5.74, 6) is 1.07. The molecule has 1 aromatic carbocycles. The lowest BCUT2D eigenvalue weighted by Gasteiger charge is -2.10. The molecule has 2 rings (SSSR count). The molecule has 2 aromatic rings. The zero-order valence-electron chi connectivity index (χ0n) is 9.77. The molecule has 0 saturated heterocycles. The number of benzene rings is 1. The molecule has 4 nitrogen and oxygen atoms in total. The molecule has 0 fully saturated rings. The van der Waals surface area contributed by atoms with E-state index in [0.717, 1.165) is 5.56 Å². The van der Waals surface area contributed by atoms with Crippen LogP contribution in [0.15, 0.2) is 28.8 Å². The van der Waals surface area contributed by atoms with E-state index in [1.807, 2.05) is 38.1 Å². The first-order valence-electron chi connectivity index (χ1n) is 5.31. The monoisotopic (exact) mass is 251 g/mol. The molecular weight excluding hydrogens is 238 g/mol. The maximum Gasteiger partial charge on any atom is 0.246 e. The van der Waals surface area contributed by atoms with Gasteiger partial charge >= 0.3 is 0 Å². The Bertz CT molecular complexity index is 499. The smallest absolute Gasteiger partial charge is 0.246 e. The number of halogens is 1. The van der Waals surface area contributed by atoms with Crippen LogP contribution in [0.25, 0.3) is 0 Å². The average molecular weight is 252 g/mol. The second-order valence-electron chi connectivity index (χ2n) is 4.54. The van der Waals surface area contributed by atoms with Crippen LogP contribution in [-0.2, 0) is 12.0 Å². The van der Waals surface area contributed by atoms with E-state index in [2.05, 4.69) is 10.1 Å². The first kappa shape index (κ1) is 12.1. The van der Waals surface area contributed by atoms with Crippen molar-refractivity contribution >= 4 is 11.6 Å². The number of nitrogens with two attached hydrogens (primary N) is 1. The minimum absolute atomic E-state index is 0.446. The molecule has 0 aliphatic heterocycles. The molecule has 0 atom stereocenters. The van der Waals surface area contributed by atoms with E-state index in [1.54, 1.807) is 0 Å². The predicted molar refractivity (Wildman–Crippen MR) is 65.8 cm³/mol. The maximum atomic E-state index is 5.87. The molecule has 90 valence electrons. The number of hydrogen-bond donors (Lipinski definition) is 1. The fraction of sp³-hybridized carbons (Fsp3) is 0.333. The first-order chi connectivity index (χ1) is 7.95. The lowest BCUT2D eigenvalue weighted by atomic mass is 10.1. The highest BCUT2D eigenvalue weighted by molar-refractivity contribution is 6.30. The van der Waals surface area contributed by atoms with Gasteiger partial charge in [0.25, 0.3) is 0 Å². The number of aromatic nitrogens is 2. The molecular formula is C12H14ClN3O. The molecule has 0 bridgehead atoms. The van der Waals surface area contributed by atoms with Gasteiger partial charge in [-0.2, -0.15) is 4.98 Å². The Kier molecular flexibility index (Phi) is 3.17. The van der Waals surface area contributed by atoms with Crippen molar-refractivity contribution in [3.63, 3.8) is 0 Å². The minimum atomic E-state index is -0.606. The van der Waals surface area contributed by atoms with Crippen LogP contribution in [0.4, 0.5) is 0 Å². The maximum absolute atomic E-state index is 5.87. The Hall–Kier alpha value is -1.39. The van der Waals surface area contributed by atoms with Crippen molar-refractivity contribution < 1.29 is 4.52 Å². The first-order valence-corrected chi connectivity index (χ1v) is 5.69. The Morgan fingerprint density at radius 3 is 2.47 bits per heavy atom. The van der Waals surface area contributed by atoms with E-state index in [9.17, 15) is 0 Å². The standard InChI is InChI=1S/C12H14ClN3O/c1-12(2,14)11-15-10(16-17-11)7-8-3-5-9(13)6-4-8/h3-6H,7,14H2,1-2H3. The average Bonchev–Trinajstić information content (AvgIpc) is 2.69. The second-order valence-corrected chi connectivity index (χ2v) is 4.98. The van der Waals surface area contributed by atoms with Crippen LogP contribution >= 0.6 is 11.6 Å². The fourth-order valence-electron chi connectivity index (χ4n) is 1.37. The Labute approximate surface area is 105 Å². The second kappa shape index (κ2) is 4.47. The minimum Gasteiger partial charge on any atom is -0.337 e. The van der Waals surface area contributed by atoms with Crippen molar-refractivity contribution in [3.8, 4) is 0 Å². The highest BCUT2D eigenvalue weighted by atomic mass is 35.5. The van der Waals surface area contributed by atoms with Crippen LogP contribution in [0.5, 0.6) is 0 Å². The highest BCUT2D eigenvalue weighted by Gasteiger charge is 2.22. The summed E-state index contributed by atoms with van der Waals surface area (Å²) in [6.07, 6.45) is 0.608. The summed E-state index contributed by atoms with van der Waals surface area (Å²) >= 11 is 5.81. The molecule has 0 aliphatic rings. The van der Waals surface area contributed by atoms with Gasteiger partial charge in [-0.3, -0.25) is 0 Å². The molecule has 0 unspecified atom stereocenters. The van der Waals surface area contributed by atoms with E-state index < -0.39 is 5.54 Å². The Morgan fingerprint density at radius 2 is 1.94 bits per heavy atom. The van der Waals surface area contributed by atoms with Crippen LogP contribution in [-0.4, -0.2) is 10.1 Å². The predicted octanol–water partition coefficient (Wildman–Crippen LogP) is 2.51. The van der Waals surface area contributed by atoms with Crippen molar-refractivity contribution in [2.45, 2.75) is 25.8 Å². The third kappa shape index (κ3) is 3.05. The molecule has 0 saturated carbocycles. The zero-order valence-corrected chi connectivity index (χ0v) is 10.5. The van der Waals surface area contributed by atoms with Crippen LogP contribution in [0.3, 0.4) is 0 Å². The number of nitrogens with zero attached hydrogens (tertiary/aromatic N) is 2. The highest BCUT2D eigenvalue weighted by Crippen LogP contribution is 2.16. The molecule has 5 heteroatoms. The van der Waals surface area contributed by atoms with Gasteiger partial charge in [0.2, 0.25) is 5.89 Å². The fourth-order valence-corrected chi connectivity index (χ4v) is 1.50. The molecule has 0 amide bonds. The Balaban J connectivity index is 2.14. The van der Waals surface area contributed by atoms with Gasteiger partial charge in [-0.05, 0) is 31.5 Å². The van der Waals surface area contributed by atoms with Crippen LogP contribution in [0.1, 0.15) is 31.1 Å². The van der Waals surface area contributed by atoms with Crippen LogP contribution in [0.2, 0.25) is 5.02 Å². The van der Waals surface area contributed by atoms with E-state index in [4.69, 9.17) is 21.9 Å². The van der Waals surface area contributed by atoms with Crippen molar-refractivity contribution in [1.29, 1.82) is 0 Å². The number of rotatable bonds is 3. The van der Waals surface area contributed by atoms with Gasteiger partial charge in [0, 0.05) is 11.4 Å². The van der Waals surface area contributed by atoms with Crippen LogP contribution in [0, 0.1) is 0 Å². The van der Waals surface area contributed by atoms with E-state index in [1.165, 1.54) is 0 Å². The van der Waals surface area contributed by atoms with Gasteiger partial charge in [-0.15, -0.1) is 0 Å². The summed E-state index contributed by atoms with van der Waals surface area (Å²) in [5.41, 5.74) is 6.34. The summed E-state index contributed by atoms with van der Waals surface area (Å²) in [6, 6.07) is 7.55. The third-order valence-electron chi connectivity index (χ3n) is 2.29. The summed E-state index contributed by atoms with van der Waals surface area (Å²) in [4.78, 5) is 4.26. The lowest BCUT2D eigenvalue weighted by molar-refractivity contribution is 0.310. The quantitative estimate of drug-likeness (QED) is 0.910. The summed E-state index contributed by atoms with van der Waals surface area (Å²) in [6.45, 7) is 3.65. The molecule has 1 heterocycles. The molecule has 17 heavy (non-hydrogen) atoms. The molecule has 2 N–H and O–H groups in total. The van der Waals surface area contributed by atoms with Crippen molar-refractivity contribution in [2.24, 2.45) is 5.73 Å². The molecule has 0 aliphatic carbocycles. The van der Waals surface area contributed by atoms with Gasteiger partial charge in [-0.25, -0.2) is 0 Å². The van der Waals surface area contributed by atoms with Gasteiger partial charge in [0.1, 0.15) is 0 Å². The zero-order chi connectivity index (χ0) is 12.5. The third-order valence-corrected chi connectivity index (χ3v) is 2.55. The molecule has 1 aromatic heterocycles. The summed E-state index contributed by atoms with van der Waals surface area (Å²) in [5, 5.41) is 4.61. The van der Waals surface area contributed by atoms with E-state index >= 15 is 0 Å². The number of hydrogen-bond acceptors (Lipinski definition) is 4. The van der Waals surface area contributed by atoms with Crippen molar-refractivity contribution in [3.05, 3.63) is 46.6 Å². The van der Waals surface area contributed by atoms with Crippen molar-refractivity contribution in [2.75, 3.05) is 0 Å². The van der Waals surface area contributed by atoms with Gasteiger partial charge in [0.05, 0.1) is 5.54 Å². The normalized spacial score (nSPS) is 11.8. The Morgan fingerprint density at radius 1 is 1.29 bits per heavy atom. The largest absolute Gasteiger partial charge is 0.337 e. The van der Waals surface area contributed by atoms with Crippen LogP contribution < -0.4 is 5.73 Å². The summed E-state index contributed by atoms with van der Waals surface area (Å²) in [7, 11) is 0. The van der Waals surface area contributed by atoms with E-state index in [0.29, 0.717) is 23.2 Å².